The molecule has 1 aliphatic heterocycles. The van der Waals surface area contributed by atoms with Gasteiger partial charge in [-0.2, -0.15) is 0 Å². The minimum Gasteiger partial charge on any atom is -0.493 e. The highest BCUT2D eigenvalue weighted by atomic mass is 35.5. The molecule has 0 bridgehead atoms. The van der Waals surface area contributed by atoms with Gasteiger partial charge in [0.05, 0.1) is 30.5 Å². The molecule has 0 spiro atoms. The number of nitrogens with zero attached hydrogens (tertiary/aromatic N) is 3. The number of halogens is 1. The first-order valence-corrected chi connectivity index (χ1v) is 11.9. The highest BCUT2D eigenvalue weighted by Crippen LogP contribution is 2.39. The Balaban J connectivity index is 1.26. The molecule has 1 aliphatic rings. The first-order valence-electron chi connectivity index (χ1n) is 10.7. The van der Waals surface area contributed by atoms with Crippen molar-refractivity contribution in [2.45, 2.75) is 6.54 Å². The van der Waals surface area contributed by atoms with Gasteiger partial charge in [0.1, 0.15) is 17.4 Å². The van der Waals surface area contributed by atoms with Crippen LogP contribution in [0.5, 0.6) is 17.2 Å². The number of aromatic nitrogens is 1. The van der Waals surface area contributed by atoms with Crippen LogP contribution in [0.25, 0.3) is 10.6 Å². The van der Waals surface area contributed by atoms with E-state index >= 15 is 0 Å². The fourth-order valence-corrected chi connectivity index (χ4v) is 4.83. The van der Waals surface area contributed by atoms with Crippen LogP contribution in [0.2, 0.25) is 5.02 Å². The number of thiazole rings is 1. The maximum Gasteiger partial charge on any atom is 0.170 e. The normalized spacial score (nSPS) is 15.0. The largest absolute Gasteiger partial charge is 0.493 e. The number of ether oxygens (including phenoxy) is 3. The molecule has 2 heterocycles. The van der Waals surface area contributed by atoms with Crippen LogP contribution < -0.4 is 14.2 Å². The minimum absolute atomic E-state index is 0.640. The van der Waals surface area contributed by atoms with E-state index in [0.29, 0.717) is 11.6 Å². The molecule has 0 radical (unpaired) electrons. The minimum atomic E-state index is 0.640. The van der Waals surface area contributed by atoms with Gasteiger partial charge in [-0.3, -0.25) is 9.80 Å². The third-order valence-electron chi connectivity index (χ3n) is 5.54. The predicted molar refractivity (Wildman–Crippen MR) is 129 cm³/mol. The van der Waals surface area contributed by atoms with Gasteiger partial charge in [0, 0.05) is 44.6 Å². The summed E-state index contributed by atoms with van der Waals surface area (Å²) in [7, 11) is 3.31. The fourth-order valence-electron chi connectivity index (χ4n) is 3.81. The van der Waals surface area contributed by atoms with Gasteiger partial charge in [0.2, 0.25) is 0 Å². The lowest BCUT2D eigenvalue weighted by atomic mass is 10.2. The number of piperazine rings is 1. The van der Waals surface area contributed by atoms with E-state index in [1.165, 1.54) is 0 Å². The zero-order valence-corrected chi connectivity index (χ0v) is 20.0. The predicted octanol–water partition coefficient (Wildman–Crippen LogP) is 4.68. The van der Waals surface area contributed by atoms with Crippen LogP contribution in [0.4, 0.5) is 0 Å². The molecule has 1 aromatic heterocycles. The molecule has 1 saturated heterocycles. The number of methoxy groups -OCH3 is 2. The molecule has 0 unspecified atom stereocenters. The Morgan fingerprint density at radius 1 is 0.938 bits per heavy atom. The summed E-state index contributed by atoms with van der Waals surface area (Å²) < 4.78 is 16.8. The van der Waals surface area contributed by atoms with E-state index in [9.17, 15) is 0 Å². The van der Waals surface area contributed by atoms with Crippen LogP contribution in [0.1, 0.15) is 5.69 Å². The molecule has 170 valence electrons. The Morgan fingerprint density at radius 2 is 1.69 bits per heavy atom. The number of hydrogen-bond donors (Lipinski definition) is 0. The molecule has 4 rings (SSSR count). The topological polar surface area (TPSA) is 47.1 Å². The molecule has 0 aliphatic carbocycles. The first kappa shape index (κ1) is 22.9. The molecule has 1 fully saturated rings. The standard InChI is InChI=1S/C24H28ClN3O3S/c1-29-22-9-5-6-19(23(22)30-2)24-26-18(17-32-24)16-28-12-10-27(11-13-28)14-15-31-21-8-4-3-7-20(21)25/h3-9,17H,10-16H2,1-2H3. The molecule has 2 aromatic carbocycles. The van der Waals surface area contributed by atoms with Crippen LogP contribution >= 0.6 is 22.9 Å². The summed E-state index contributed by atoms with van der Waals surface area (Å²) in [4.78, 5) is 9.75. The Hall–Kier alpha value is -2.32. The van der Waals surface area contributed by atoms with E-state index in [2.05, 4.69) is 15.2 Å². The summed E-state index contributed by atoms with van der Waals surface area (Å²) in [6.45, 7) is 6.46. The summed E-state index contributed by atoms with van der Waals surface area (Å²) in [6, 6.07) is 13.5. The van der Waals surface area contributed by atoms with E-state index in [-0.39, 0.29) is 0 Å². The van der Waals surface area contributed by atoms with Crippen LogP contribution in [-0.4, -0.2) is 68.3 Å². The van der Waals surface area contributed by atoms with Crippen LogP contribution in [0.3, 0.4) is 0 Å². The summed E-state index contributed by atoms with van der Waals surface area (Å²) >= 11 is 7.79. The van der Waals surface area contributed by atoms with Gasteiger partial charge in [-0.05, 0) is 24.3 Å². The number of benzene rings is 2. The lowest BCUT2D eigenvalue weighted by Crippen LogP contribution is -2.47. The van der Waals surface area contributed by atoms with Crippen LogP contribution in [0.15, 0.2) is 47.8 Å². The van der Waals surface area contributed by atoms with E-state index in [4.69, 9.17) is 30.8 Å². The Labute approximate surface area is 198 Å². The van der Waals surface area contributed by atoms with Crippen molar-refractivity contribution in [1.82, 2.24) is 14.8 Å². The second-order valence-corrected chi connectivity index (χ2v) is 8.85. The van der Waals surface area contributed by atoms with Crippen molar-refractivity contribution in [3.63, 3.8) is 0 Å². The van der Waals surface area contributed by atoms with Crippen LogP contribution in [0, 0.1) is 0 Å². The summed E-state index contributed by atoms with van der Waals surface area (Å²) in [5, 5.41) is 3.75. The highest BCUT2D eigenvalue weighted by molar-refractivity contribution is 7.13. The molecular formula is C24H28ClN3O3S. The van der Waals surface area contributed by atoms with E-state index in [0.717, 1.165) is 72.8 Å². The maximum atomic E-state index is 6.15. The van der Waals surface area contributed by atoms with Crippen molar-refractivity contribution in [2.75, 3.05) is 53.6 Å². The molecule has 0 amide bonds. The molecule has 0 N–H and O–H groups in total. The maximum absolute atomic E-state index is 6.15. The van der Waals surface area contributed by atoms with Crippen molar-refractivity contribution in [1.29, 1.82) is 0 Å². The van der Waals surface area contributed by atoms with Crippen LogP contribution in [-0.2, 0) is 6.54 Å². The smallest absolute Gasteiger partial charge is 0.170 e. The van der Waals surface area contributed by atoms with Gasteiger partial charge in [-0.15, -0.1) is 11.3 Å². The Morgan fingerprint density at radius 3 is 2.44 bits per heavy atom. The highest BCUT2D eigenvalue weighted by Gasteiger charge is 2.19. The fraction of sp³-hybridized carbons (Fsp3) is 0.375. The number of rotatable bonds is 9. The second kappa shape index (κ2) is 11.0. The molecule has 3 aromatic rings. The molecule has 8 heteroatoms. The third-order valence-corrected chi connectivity index (χ3v) is 6.77. The average molecular weight is 474 g/mol. The van der Waals surface area contributed by atoms with Gasteiger partial charge in [-0.1, -0.05) is 29.8 Å². The van der Waals surface area contributed by atoms with Crippen molar-refractivity contribution in [3.8, 4) is 27.8 Å². The van der Waals surface area contributed by atoms with Crippen molar-refractivity contribution in [2.24, 2.45) is 0 Å². The summed E-state index contributed by atoms with van der Waals surface area (Å²) in [5.74, 6) is 2.19. The van der Waals surface area contributed by atoms with Gasteiger partial charge in [0.25, 0.3) is 0 Å². The van der Waals surface area contributed by atoms with Gasteiger partial charge >= 0.3 is 0 Å². The monoisotopic (exact) mass is 473 g/mol. The summed E-state index contributed by atoms with van der Waals surface area (Å²) in [6.07, 6.45) is 0. The van der Waals surface area contributed by atoms with E-state index < -0.39 is 0 Å². The molecule has 32 heavy (non-hydrogen) atoms. The van der Waals surface area contributed by atoms with Gasteiger partial charge < -0.3 is 14.2 Å². The average Bonchev–Trinajstić information content (AvgIpc) is 3.29. The molecule has 0 saturated carbocycles. The zero-order chi connectivity index (χ0) is 22.3. The van der Waals surface area contributed by atoms with Crippen molar-refractivity contribution >= 4 is 22.9 Å². The first-order chi connectivity index (χ1) is 15.7. The zero-order valence-electron chi connectivity index (χ0n) is 18.4. The molecule has 6 nitrogen and oxygen atoms in total. The van der Waals surface area contributed by atoms with Crippen molar-refractivity contribution < 1.29 is 14.2 Å². The van der Waals surface area contributed by atoms with E-state index in [1.54, 1.807) is 25.6 Å². The SMILES string of the molecule is COc1cccc(-c2nc(CN3CCN(CCOc4ccccc4Cl)CC3)cs2)c1OC. The Bertz CT molecular complexity index is 1020. The molecular weight excluding hydrogens is 446 g/mol. The lowest BCUT2D eigenvalue weighted by molar-refractivity contribution is 0.112. The Kier molecular flexibility index (Phi) is 7.86. The second-order valence-electron chi connectivity index (χ2n) is 7.58. The van der Waals surface area contributed by atoms with Gasteiger partial charge in [0.15, 0.2) is 11.5 Å². The molecule has 0 atom stereocenters. The lowest BCUT2D eigenvalue weighted by Gasteiger charge is -2.34. The number of para-hydroxylation sites is 2. The third kappa shape index (κ3) is 5.53. The van der Waals surface area contributed by atoms with E-state index in [1.807, 2.05) is 42.5 Å². The summed E-state index contributed by atoms with van der Waals surface area (Å²) in [5.41, 5.74) is 2.05. The van der Waals surface area contributed by atoms with Crippen molar-refractivity contribution in [3.05, 3.63) is 58.6 Å². The van der Waals surface area contributed by atoms with Gasteiger partial charge in [-0.25, -0.2) is 4.98 Å². The quantitative estimate of drug-likeness (QED) is 0.450. The number of hydrogen-bond acceptors (Lipinski definition) is 7.